The average molecular weight is 443 g/mol. The molecular formula is C24H34N4O4. The Kier molecular flexibility index (Phi) is 8.25. The molecule has 3 rings (SSSR count). The number of likely N-dealkylation sites (tertiary alicyclic amines) is 2. The number of primary amides is 1. The van der Waals surface area contributed by atoms with E-state index in [4.69, 9.17) is 5.73 Å². The number of carbonyl (C=O) groups excluding carboxylic acids is 4. The fraction of sp³-hybridized carbons (Fsp3) is 0.583. The summed E-state index contributed by atoms with van der Waals surface area (Å²) in [6.45, 7) is 4.66. The van der Waals surface area contributed by atoms with Gasteiger partial charge in [0.1, 0.15) is 0 Å². The lowest BCUT2D eigenvalue weighted by atomic mass is 10.1. The van der Waals surface area contributed by atoms with Gasteiger partial charge in [-0.25, -0.2) is 0 Å². The second kappa shape index (κ2) is 11.1. The maximum atomic E-state index is 12.9. The Morgan fingerprint density at radius 2 is 1.41 bits per heavy atom. The van der Waals surface area contributed by atoms with E-state index in [1.807, 2.05) is 0 Å². The molecule has 0 saturated carbocycles. The molecule has 8 nitrogen and oxygen atoms in total. The van der Waals surface area contributed by atoms with Crippen LogP contribution >= 0.6 is 0 Å². The lowest BCUT2D eigenvalue weighted by Gasteiger charge is -2.18. The van der Waals surface area contributed by atoms with E-state index in [2.05, 4.69) is 12.2 Å². The number of carbonyl (C=O) groups is 4. The molecule has 2 fully saturated rings. The molecule has 4 amide bonds. The van der Waals surface area contributed by atoms with Crippen LogP contribution in [0, 0.1) is 11.8 Å². The Bertz CT molecular complexity index is 839. The summed E-state index contributed by atoms with van der Waals surface area (Å²) in [5, 5.41) is 2.99. The molecule has 1 aromatic rings. The summed E-state index contributed by atoms with van der Waals surface area (Å²) >= 11 is 0. The van der Waals surface area contributed by atoms with Crippen LogP contribution in [0.25, 0.3) is 0 Å². The predicted molar refractivity (Wildman–Crippen MR) is 121 cm³/mol. The van der Waals surface area contributed by atoms with Gasteiger partial charge in [0.05, 0.1) is 11.8 Å². The zero-order chi connectivity index (χ0) is 23.1. The van der Waals surface area contributed by atoms with Gasteiger partial charge in [-0.3, -0.25) is 19.2 Å². The van der Waals surface area contributed by atoms with E-state index >= 15 is 0 Å². The minimum atomic E-state index is -0.379. The summed E-state index contributed by atoms with van der Waals surface area (Å²) in [5.41, 5.74) is 6.32. The molecular weight excluding hydrogens is 408 g/mol. The molecule has 2 heterocycles. The van der Waals surface area contributed by atoms with E-state index in [0.29, 0.717) is 56.7 Å². The van der Waals surface area contributed by atoms with Crippen molar-refractivity contribution in [3.63, 3.8) is 0 Å². The van der Waals surface area contributed by atoms with Crippen LogP contribution in [0.2, 0.25) is 0 Å². The standard InChI is InChI=1S/C24H34N4O4/c1-2-3-4-5-12-26-22(30)20-11-14-28(16-20)24(32)18-8-6-17(7-9-18)23(31)27-13-10-19(15-27)21(25)29/h6-9,19-20H,2-5,10-16H2,1H3,(H2,25,29)(H,26,30)/t19-,20-/m0/s1. The van der Waals surface area contributed by atoms with Crippen molar-refractivity contribution in [1.29, 1.82) is 0 Å². The van der Waals surface area contributed by atoms with Gasteiger partial charge in [0.15, 0.2) is 0 Å². The third-order valence-electron chi connectivity index (χ3n) is 6.43. The Hall–Kier alpha value is -2.90. The molecule has 2 atom stereocenters. The van der Waals surface area contributed by atoms with E-state index in [1.165, 1.54) is 6.42 Å². The summed E-state index contributed by atoms with van der Waals surface area (Å²) < 4.78 is 0. The summed E-state index contributed by atoms with van der Waals surface area (Å²) in [5.74, 6) is -1.11. The number of unbranched alkanes of at least 4 members (excludes halogenated alkanes) is 3. The fourth-order valence-corrected chi connectivity index (χ4v) is 4.36. The van der Waals surface area contributed by atoms with Gasteiger partial charge in [0, 0.05) is 43.9 Å². The minimum Gasteiger partial charge on any atom is -0.369 e. The van der Waals surface area contributed by atoms with Crippen molar-refractivity contribution in [3.8, 4) is 0 Å². The SMILES string of the molecule is CCCCCCNC(=O)[C@H]1CCN(C(=O)c2ccc(C(=O)N3CC[C@H](C(N)=O)C3)cc2)C1. The first-order valence-electron chi connectivity index (χ1n) is 11.7. The number of nitrogens with zero attached hydrogens (tertiary/aromatic N) is 2. The fourth-order valence-electron chi connectivity index (χ4n) is 4.36. The van der Waals surface area contributed by atoms with Gasteiger partial charge in [-0.15, -0.1) is 0 Å². The summed E-state index contributed by atoms with van der Waals surface area (Å²) in [6, 6.07) is 6.59. The molecule has 2 aliphatic heterocycles. The highest BCUT2D eigenvalue weighted by molar-refractivity contribution is 5.98. The van der Waals surface area contributed by atoms with Crippen molar-refractivity contribution in [2.45, 2.75) is 45.4 Å². The molecule has 32 heavy (non-hydrogen) atoms. The quantitative estimate of drug-likeness (QED) is 0.568. The maximum Gasteiger partial charge on any atom is 0.253 e. The van der Waals surface area contributed by atoms with Crippen molar-refractivity contribution in [2.75, 3.05) is 32.7 Å². The average Bonchev–Trinajstić information content (AvgIpc) is 3.48. The molecule has 3 N–H and O–H groups in total. The summed E-state index contributed by atoms with van der Waals surface area (Å²) in [7, 11) is 0. The van der Waals surface area contributed by atoms with Crippen molar-refractivity contribution in [2.24, 2.45) is 17.6 Å². The molecule has 0 unspecified atom stereocenters. The van der Waals surface area contributed by atoms with Crippen LogP contribution < -0.4 is 11.1 Å². The Morgan fingerprint density at radius 3 is 1.91 bits per heavy atom. The van der Waals surface area contributed by atoms with E-state index in [-0.39, 0.29) is 35.5 Å². The smallest absolute Gasteiger partial charge is 0.253 e. The van der Waals surface area contributed by atoms with Gasteiger partial charge in [-0.2, -0.15) is 0 Å². The topological polar surface area (TPSA) is 113 Å². The second-order valence-corrected chi connectivity index (χ2v) is 8.80. The molecule has 1 aromatic carbocycles. The number of hydrogen-bond donors (Lipinski definition) is 2. The molecule has 8 heteroatoms. The highest BCUT2D eigenvalue weighted by Gasteiger charge is 2.32. The van der Waals surface area contributed by atoms with Crippen molar-refractivity contribution in [1.82, 2.24) is 15.1 Å². The molecule has 0 bridgehead atoms. The zero-order valence-corrected chi connectivity index (χ0v) is 18.8. The number of amides is 4. The van der Waals surface area contributed by atoms with Gasteiger partial charge in [-0.1, -0.05) is 26.2 Å². The normalized spacial score (nSPS) is 20.4. The molecule has 0 aromatic heterocycles. The Labute approximate surface area is 189 Å². The van der Waals surface area contributed by atoms with E-state index in [1.54, 1.807) is 34.1 Å². The summed E-state index contributed by atoms with van der Waals surface area (Å²) in [6.07, 6.45) is 5.70. The third-order valence-corrected chi connectivity index (χ3v) is 6.43. The minimum absolute atomic E-state index is 0.0256. The first-order valence-corrected chi connectivity index (χ1v) is 11.7. The molecule has 0 aliphatic carbocycles. The predicted octanol–water partition coefficient (Wildman–Crippen LogP) is 1.79. The van der Waals surface area contributed by atoms with Crippen LogP contribution in [0.15, 0.2) is 24.3 Å². The monoisotopic (exact) mass is 442 g/mol. The number of nitrogens with one attached hydrogen (secondary N) is 1. The lowest BCUT2D eigenvalue weighted by Crippen LogP contribution is -2.35. The number of rotatable bonds is 9. The molecule has 0 radical (unpaired) electrons. The molecule has 174 valence electrons. The molecule has 2 aliphatic rings. The van der Waals surface area contributed by atoms with Crippen molar-refractivity contribution >= 4 is 23.6 Å². The third kappa shape index (κ3) is 5.87. The van der Waals surface area contributed by atoms with Crippen LogP contribution in [0.4, 0.5) is 0 Å². The van der Waals surface area contributed by atoms with E-state index in [9.17, 15) is 19.2 Å². The van der Waals surface area contributed by atoms with Crippen molar-refractivity contribution < 1.29 is 19.2 Å². The Balaban J connectivity index is 1.49. The van der Waals surface area contributed by atoms with Crippen LogP contribution in [-0.2, 0) is 9.59 Å². The van der Waals surface area contributed by atoms with E-state index in [0.717, 1.165) is 19.3 Å². The highest BCUT2D eigenvalue weighted by atomic mass is 16.2. The zero-order valence-electron chi connectivity index (χ0n) is 18.8. The maximum absolute atomic E-state index is 12.9. The van der Waals surface area contributed by atoms with Gasteiger partial charge in [0.2, 0.25) is 11.8 Å². The highest BCUT2D eigenvalue weighted by Crippen LogP contribution is 2.21. The Morgan fingerprint density at radius 1 is 0.875 bits per heavy atom. The largest absolute Gasteiger partial charge is 0.369 e. The number of hydrogen-bond acceptors (Lipinski definition) is 4. The first-order chi connectivity index (χ1) is 15.4. The van der Waals surface area contributed by atoms with Gasteiger partial charge in [-0.05, 0) is 43.5 Å². The van der Waals surface area contributed by atoms with Gasteiger partial charge in [0.25, 0.3) is 11.8 Å². The van der Waals surface area contributed by atoms with Crippen LogP contribution in [0.5, 0.6) is 0 Å². The van der Waals surface area contributed by atoms with E-state index < -0.39 is 0 Å². The lowest BCUT2D eigenvalue weighted by molar-refractivity contribution is -0.124. The molecule has 2 saturated heterocycles. The van der Waals surface area contributed by atoms with Crippen LogP contribution in [-0.4, -0.2) is 66.2 Å². The van der Waals surface area contributed by atoms with Gasteiger partial charge >= 0.3 is 0 Å². The van der Waals surface area contributed by atoms with Crippen LogP contribution in [0.3, 0.4) is 0 Å². The van der Waals surface area contributed by atoms with Crippen molar-refractivity contribution in [3.05, 3.63) is 35.4 Å². The van der Waals surface area contributed by atoms with Gasteiger partial charge < -0.3 is 20.9 Å². The number of nitrogens with two attached hydrogens (primary N) is 1. The van der Waals surface area contributed by atoms with Crippen LogP contribution in [0.1, 0.15) is 66.2 Å². The second-order valence-electron chi connectivity index (χ2n) is 8.80. The molecule has 0 spiro atoms. The number of benzene rings is 1. The summed E-state index contributed by atoms with van der Waals surface area (Å²) in [4.78, 5) is 52.5. The first kappa shape index (κ1) is 23.8.